The number of carbonyl (C=O) groups excluding carboxylic acids is 2. The number of aryl methyl sites for hydroxylation is 1. The van der Waals surface area contributed by atoms with E-state index in [4.69, 9.17) is 9.15 Å². The number of benzene rings is 1. The van der Waals surface area contributed by atoms with Gasteiger partial charge in [-0.1, -0.05) is 0 Å². The molecule has 1 fully saturated rings. The lowest BCUT2D eigenvalue weighted by molar-refractivity contribution is 0.0729. The summed E-state index contributed by atoms with van der Waals surface area (Å²) in [6.07, 6.45) is 1.33. The molecule has 1 aromatic heterocycles. The van der Waals surface area contributed by atoms with Gasteiger partial charge in [0.1, 0.15) is 16.5 Å². The van der Waals surface area contributed by atoms with E-state index in [2.05, 4.69) is 10.9 Å². The molecule has 2 heterocycles. The van der Waals surface area contributed by atoms with Crippen molar-refractivity contribution in [2.24, 2.45) is 0 Å². The molecular weight excluding hydrogens is 393 g/mol. The first-order valence-electron chi connectivity index (χ1n) is 8.33. The molecule has 0 spiro atoms. The molecule has 0 aliphatic carbocycles. The summed E-state index contributed by atoms with van der Waals surface area (Å²) in [4.78, 5) is 23.6. The first-order chi connectivity index (χ1) is 13.3. The summed E-state index contributed by atoms with van der Waals surface area (Å²) >= 11 is 0. The second-order valence-electron chi connectivity index (χ2n) is 5.96. The Balaban J connectivity index is 1.76. The lowest BCUT2D eigenvalue weighted by atomic mass is 10.2. The summed E-state index contributed by atoms with van der Waals surface area (Å²) in [7, 11) is -4.12. The van der Waals surface area contributed by atoms with E-state index in [1.165, 1.54) is 12.3 Å². The Labute approximate surface area is 160 Å². The smallest absolute Gasteiger partial charge is 0.273 e. The Morgan fingerprint density at radius 3 is 2.43 bits per heavy atom. The number of hydrazine groups is 1. The molecule has 1 saturated heterocycles. The van der Waals surface area contributed by atoms with Crippen LogP contribution in [0.4, 0.5) is 4.39 Å². The predicted molar refractivity (Wildman–Crippen MR) is 94.4 cm³/mol. The average Bonchev–Trinajstić information content (AvgIpc) is 3.12. The fraction of sp³-hybridized carbons (Fsp3) is 0.294. The molecule has 2 aromatic rings. The van der Waals surface area contributed by atoms with Crippen LogP contribution >= 0.6 is 0 Å². The van der Waals surface area contributed by atoms with Crippen molar-refractivity contribution in [1.82, 2.24) is 15.2 Å². The monoisotopic (exact) mass is 411 g/mol. The zero-order valence-corrected chi connectivity index (χ0v) is 15.7. The van der Waals surface area contributed by atoms with Crippen molar-refractivity contribution in [3.63, 3.8) is 0 Å². The number of carbonyl (C=O) groups is 2. The number of nitrogens with zero attached hydrogens (tertiary/aromatic N) is 1. The highest BCUT2D eigenvalue weighted by Gasteiger charge is 2.29. The maximum Gasteiger partial charge on any atom is 0.273 e. The summed E-state index contributed by atoms with van der Waals surface area (Å²) in [6.45, 7) is 2.19. The minimum Gasteiger partial charge on any atom is -0.469 e. The number of hydrogen-bond acceptors (Lipinski definition) is 6. The van der Waals surface area contributed by atoms with Crippen LogP contribution in [0.15, 0.2) is 39.8 Å². The van der Waals surface area contributed by atoms with Gasteiger partial charge in [0.2, 0.25) is 10.0 Å². The van der Waals surface area contributed by atoms with E-state index in [0.717, 1.165) is 22.5 Å². The van der Waals surface area contributed by atoms with Crippen LogP contribution in [0.2, 0.25) is 0 Å². The van der Waals surface area contributed by atoms with Crippen molar-refractivity contribution in [3.05, 3.63) is 53.2 Å². The van der Waals surface area contributed by atoms with Crippen LogP contribution in [0, 0.1) is 12.7 Å². The number of amides is 2. The van der Waals surface area contributed by atoms with Crippen molar-refractivity contribution in [2.45, 2.75) is 11.8 Å². The first-order valence-corrected chi connectivity index (χ1v) is 9.77. The molecule has 0 atom stereocenters. The number of sulfonamides is 1. The van der Waals surface area contributed by atoms with Crippen molar-refractivity contribution >= 4 is 21.8 Å². The Bertz CT molecular complexity index is 998. The van der Waals surface area contributed by atoms with E-state index in [-0.39, 0.29) is 37.4 Å². The van der Waals surface area contributed by atoms with Gasteiger partial charge in [0.15, 0.2) is 0 Å². The highest BCUT2D eigenvalue weighted by atomic mass is 32.2. The zero-order chi connectivity index (χ0) is 20.3. The van der Waals surface area contributed by atoms with E-state index in [1.807, 2.05) is 0 Å². The summed E-state index contributed by atoms with van der Waals surface area (Å²) in [6, 6.07) is 4.38. The quantitative estimate of drug-likeness (QED) is 0.720. The van der Waals surface area contributed by atoms with Crippen LogP contribution in [0.25, 0.3) is 0 Å². The van der Waals surface area contributed by atoms with Gasteiger partial charge in [0.25, 0.3) is 11.8 Å². The molecule has 2 amide bonds. The molecule has 0 bridgehead atoms. The minimum atomic E-state index is -4.12. The second-order valence-corrected chi connectivity index (χ2v) is 7.87. The van der Waals surface area contributed by atoms with Crippen LogP contribution in [0.5, 0.6) is 0 Å². The number of ether oxygens (including phenoxy) is 1. The molecule has 150 valence electrons. The SMILES string of the molecule is Cc1occc1C(=O)NNC(=O)c1ccc(F)c(S(=O)(=O)N2CCOCC2)c1. The minimum absolute atomic E-state index is 0.0955. The van der Waals surface area contributed by atoms with Crippen LogP contribution in [-0.4, -0.2) is 50.8 Å². The summed E-state index contributed by atoms with van der Waals surface area (Å²) < 4.78 is 50.7. The van der Waals surface area contributed by atoms with Gasteiger partial charge in [-0.2, -0.15) is 4.31 Å². The molecule has 2 N–H and O–H groups in total. The van der Waals surface area contributed by atoms with Crippen molar-refractivity contribution < 1.29 is 31.6 Å². The number of hydrogen-bond donors (Lipinski definition) is 2. The number of nitrogens with one attached hydrogen (secondary N) is 2. The van der Waals surface area contributed by atoms with Gasteiger partial charge in [-0.25, -0.2) is 12.8 Å². The van der Waals surface area contributed by atoms with E-state index in [0.29, 0.717) is 5.76 Å². The van der Waals surface area contributed by atoms with Gasteiger partial charge in [-0.05, 0) is 31.2 Å². The predicted octanol–water partition coefficient (Wildman–Crippen LogP) is 0.823. The molecule has 3 rings (SSSR count). The fourth-order valence-corrected chi connectivity index (χ4v) is 4.14. The highest BCUT2D eigenvalue weighted by molar-refractivity contribution is 7.89. The lowest BCUT2D eigenvalue weighted by Crippen LogP contribution is -2.42. The maximum atomic E-state index is 14.2. The zero-order valence-electron chi connectivity index (χ0n) is 14.9. The van der Waals surface area contributed by atoms with Crippen molar-refractivity contribution in [2.75, 3.05) is 26.3 Å². The van der Waals surface area contributed by atoms with Gasteiger partial charge < -0.3 is 9.15 Å². The molecular formula is C17H18FN3O6S. The Morgan fingerprint density at radius 1 is 1.11 bits per heavy atom. The number of morpholine rings is 1. The van der Waals surface area contributed by atoms with Crippen LogP contribution < -0.4 is 10.9 Å². The third-order valence-electron chi connectivity index (χ3n) is 4.17. The topological polar surface area (TPSA) is 118 Å². The van der Waals surface area contributed by atoms with E-state index in [1.54, 1.807) is 6.92 Å². The number of furan rings is 1. The number of halogens is 1. The van der Waals surface area contributed by atoms with Gasteiger partial charge in [-0.15, -0.1) is 0 Å². The van der Waals surface area contributed by atoms with E-state index >= 15 is 0 Å². The van der Waals surface area contributed by atoms with Gasteiger partial charge in [0, 0.05) is 18.7 Å². The molecule has 0 unspecified atom stereocenters. The molecule has 9 nitrogen and oxygen atoms in total. The third kappa shape index (κ3) is 4.06. The fourth-order valence-electron chi connectivity index (χ4n) is 2.64. The van der Waals surface area contributed by atoms with Gasteiger partial charge in [0.05, 0.1) is 25.0 Å². The first kappa shape index (κ1) is 20.0. The molecule has 28 heavy (non-hydrogen) atoms. The highest BCUT2D eigenvalue weighted by Crippen LogP contribution is 2.21. The number of rotatable bonds is 4. The molecule has 0 radical (unpaired) electrons. The molecule has 11 heteroatoms. The van der Waals surface area contributed by atoms with E-state index < -0.39 is 32.6 Å². The summed E-state index contributed by atoms with van der Waals surface area (Å²) in [5, 5.41) is 0. The third-order valence-corrected chi connectivity index (χ3v) is 6.09. The van der Waals surface area contributed by atoms with Crippen LogP contribution in [-0.2, 0) is 14.8 Å². The average molecular weight is 411 g/mol. The Hall–Kier alpha value is -2.76. The molecule has 1 aromatic carbocycles. The van der Waals surface area contributed by atoms with Gasteiger partial charge in [-0.3, -0.25) is 20.4 Å². The second kappa shape index (κ2) is 8.09. The van der Waals surface area contributed by atoms with Crippen LogP contribution in [0.3, 0.4) is 0 Å². The van der Waals surface area contributed by atoms with Crippen molar-refractivity contribution in [3.8, 4) is 0 Å². The van der Waals surface area contributed by atoms with Crippen molar-refractivity contribution in [1.29, 1.82) is 0 Å². The standard InChI is InChI=1S/C17H18FN3O6S/c1-11-13(4-7-27-11)17(23)20-19-16(22)12-2-3-14(18)15(10-12)28(24,25)21-5-8-26-9-6-21/h2-4,7,10H,5-6,8-9H2,1H3,(H,19,22)(H,20,23). The van der Waals surface area contributed by atoms with Gasteiger partial charge >= 0.3 is 0 Å². The Kier molecular flexibility index (Phi) is 5.77. The summed E-state index contributed by atoms with van der Waals surface area (Å²) in [5.41, 5.74) is 4.46. The maximum absolute atomic E-state index is 14.2. The lowest BCUT2D eigenvalue weighted by Gasteiger charge is -2.26. The molecule has 1 aliphatic heterocycles. The normalized spacial score (nSPS) is 15.2. The molecule has 1 aliphatic rings. The molecule has 0 saturated carbocycles. The van der Waals surface area contributed by atoms with E-state index in [9.17, 15) is 22.4 Å². The van der Waals surface area contributed by atoms with Crippen LogP contribution in [0.1, 0.15) is 26.5 Å². The Morgan fingerprint density at radius 2 is 1.79 bits per heavy atom. The summed E-state index contributed by atoms with van der Waals surface area (Å²) in [5.74, 6) is -2.01. The largest absolute Gasteiger partial charge is 0.469 e.